The first kappa shape index (κ1) is 29.4. The third-order valence-electron chi connectivity index (χ3n) is 11.7. The van der Waals surface area contributed by atoms with Gasteiger partial charge in [0.2, 0.25) is 0 Å². The van der Waals surface area contributed by atoms with Crippen LogP contribution in [0.5, 0.6) is 0 Å². The molecule has 4 aliphatic rings. The second-order valence-corrected chi connectivity index (χ2v) is 19.1. The topological polar surface area (TPSA) is 55.8 Å². The average molecular weight is 543 g/mol. The lowest BCUT2D eigenvalue weighted by molar-refractivity contribution is -0.284. The van der Waals surface area contributed by atoms with Crippen LogP contribution >= 0.6 is 0 Å². The number of hydrogen-bond donors (Lipinski definition) is 1. The zero-order chi connectivity index (χ0) is 27.6. The molecule has 37 heavy (non-hydrogen) atoms. The molecule has 11 atom stereocenters. The smallest absolute Gasteiger partial charge is 0.305 e. The Labute approximate surface area is 224 Å². The Kier molecular flexibility index (Phi) is 8.07. The molecule has 214 valence electrons. The summed E-state index contributed by atoms with van der Waals surface area (Å²) in [5, 5.41) is 10.5. The van der Waals surface area contributed by atoms with Gasteiger partial charge in [0.1, 0.15) is 6.10 Å². The van der Waals surface area contributed by atoms with Gasteiger partial charge in [0.25, 0.3) is 5.92 Å². The standard InChI is InChI=1S/C30H52F2O4Si/c1-9-19-26(36-37(6,7)8)25-21-12-11-20(18(2)10-13-24(34)35-5)28(21,3)16-14-22(25)29(4)17-15-23(33)30(31,32)27(19)29/h18-23,25-27,33H,9-17H2,1-8H3/t18-,19+,20?,21?,22?,23-,25?,26?,27+,28-,29-/m1/s1. The van der Waals surface area contributed by atoms with Gasteiger partial charge >= 0.3 is 5.97 Å². The van der Waals surface area contributed by atoms with Crippen LogP contribution in [0.1, 0.15) is 85.5 Å². The highest BCUT2D eigenvalue weighted by Gasteiger charge is 2.71. The van der Waals surface area contributed by atoms with Gasteiger partial charge in [-0.25, -0.2) is 8.78 Å². The highest BCUT2D eigenvalue weighted by Crippen LogP contribution is 2.71. The minimum absolute atomic E-state index is 0.135. The fourth-order valence-electron chi connectivity index (χ4n) is 10.2. The van der Waals surface area contributed by atoms with Crippen molar-refractivity contribution in [3.63, 3.8) is 0 Å². The molecule has 4 aliphatic carbocycles. The van der Waals surface area contributed by atoms with Gasteiger partial charge in [0, 0.05) is 12.3 Å². The van der Waals surface area contributed by atoms with Crippen LogP contribution in [-0.4, -0.2) is 44.6 Å². The van der Waals surface area contributed by atoms with Crippen LogP contribution in [0.15, 0.2) is 0 Å². The van der Waals surface area contributed by atoms with Gasteiger partial charge < -0.3 is 14.3 Å². The lowest BCUT2D eigenvalue weighted by Crippen LogP contribution is -2.68. The van der Waals surface area contributed by atoms with Gasteiger partial charge in [-0.3, -0.25) is 4.79 Å². The zero-order valence-electron chi connectivity index (χ0n) is 24.5. The first-order valence-corrected chi connectivity index (χ1v) is 18.3. The van der Waals surface area contributed by atoms with Crippen molar-refractivity contribution < 1.29 is 27.8 Å². The number of rotatable bonds is 7. The molecule has 0 aromatic heterocycles. The third kappa shape index (κ3) is 4.85. The number of carbonyl (C=O) groups is 1. The van der Waals surface area contributed by atoms with E-state index in [1.807, 2.05) is 0 Å². The number of fused-ring (bicyclic) bond motifs is 5. The van der Waals surface area contributed by atoms with E-state index in [2.05, 4.69) is 47.3 Å². The van der Waals surface area contributed by atoms with E-state index in [-0.39, 0.29) is 41.7 Å². The Morgan fingerprint density at radius 3 is 2.27 bits per heavy atom. The Morgan fingerprint density at radius 2 is 1.68 bits per heavy atom. The van der Waals surface area contributed by atoms with E-state index in [1.54, 1.807) is 0 Å². The van der Waals surface area contributed by atoms with Gasteiger partial charge in [0.05, 0.1) is 13.2 Å². The summed E-state index contributed by atoms with van der Waals surface area (Å²) < 4.78 is 43.8. The number of alkyl halides is 2. The summed E-state index contributed by atoms with van der Waals surface area (Å²) in [7, 11) is -0.566. The minimum atomic E-state index is -3.08. The molecule has 4 rings (SSSR count). The van der Waals surface area contributed by atoms with Crippen molar-refractivity contribution >= 4 is 14.3 Å². The van der Waals surface area contributed by atoms with Crippen molar-refractivity contribution in [2.45, 2.75) is 123 Å². The molecule has 4 saturated carbocycles. The molecule has 0 aromatic carbocycles. The SMILES string of the molecule is CC[C@H]1C(O[Si](C)(C)C)C2C3CCC([C@H](C)CCC(=O)OC)[C@@]3(C)CCC2[C@@]2(C)CC[C@@H](O)C(F)(F)[C@@H]12. The van der Waals surface area contributed by atoms with Gasteiger partial charge in [-0.2, -0.15) is 0 Å². The van der Waals surface area contributed by atoms with Crippen molar-refractivity contribution in [2.75, 3.05) is 7.11 Å². The molecule has 0 aromatic rings. The van der Waals surface area contributed by atoms with Gasteiger partial charge in [0.15, 0.2) is 8.32 Å². The summed E-state index contributed by atoms with van der Waals surface area (Å²) in [6.07, 6.45) is 5.35. The van der Waals surface area contributed by atoms with E-state index < -0.39 is 31.7 Å². The molecule has 4 nitrogen and oxygen atoms in total. The van der Waals surface area contributed by atoms with Gasteiger partial charge in [-0.05, 0) is 111 Å². The van der Waals surface area contributed by atoms with Crippen LogP contribution in [-0.2, 0) is 14.0 Å². The lowest BCUT2D eigenvalue weighted by Gasteiger charge is -2.67. The van der Waals surface area contributed by atoms with E-state index in [4.69, 9.17) is 9.16 Å². The normalized spacial score (nSPS) is 45.9. The Hall–Kier alpha value is -0.533. The number of carbonyl (C=O) groups excluding carboxylic acids is 1. The molecule has 0 heterocycles. The average Bonchev–Trinajstić information content (AvgIpc) is 3.17. The van der Waals surface area contributed by atoms with Gasteiger partial charge in [-0.1, -0.05) is 34.1 Å². The van der Waals surface area contributed by atoms with Crippen LogP contribution < -0.4 is 0 Å². The quantitative estimate of drug-likeness (QED) is 0.271. The Balaban J connectivity index is 1.73. The van der Waals surface area contributed by atoms with E-state index in [0.29, 0.717) is 37.0 Å². The first-order valence-electron chi connectivity index (χ1n) is 14.9. The molecule has 0 amide bonds. The molecule has 4 fully saturated rings. The van der Waals surface area contributed by atoms with E-state index in [0.717, 1.165) is 32.1 Å². The first-order chi connectivity index (χ1) is 17.1. The van der Waals surface area contributed by atoms with Crippen LogP contribution in [0.4, 0.5) is 8.78 Å². The Bertz CT molecular complexity index is 846. The number of esters is 1. The maximum Gasteiger partial charge on any atom is 0.305 e. The van der Waals surface area contributed by atoms with Crippen LogP contribution in [0.25, 0.3) is 0 Å². The summed E-state index contributed by atoms with van der Waals surface area (Å²) >= 11 is 0. The molecule has 0 saturated heterocycles. The maximum atomic E-state index is 15.9. The summed E-state index contributed by atoms with van der Waals surface area (Å²) in [6.45, 7) is 15.5. The van der Waals surface area contributed by atoms with Crippen molar-refractivity contribution in [1.29, 1.82) is 0 Å². The molecule has 0 bridgehead atoms. The molecule has 0 spiro atoms. The van der Waals surface area contributed by atoms with Crippen molar-refractivity contribution in [1.82, 2.24) is 0 Å². The second-order valence-electron chi connectivity index (χ2n) is 14.6. The summed E-state index contributed by atoms with van der Waals surface area (Å²) in [6, 6.07) is 0. The number of halogens is 2. The monoisotopic (exact) mass is 542 g/mol. The number of ether oxygens (including phenoxy) is 1. The molecule has 7 heteroatoms. The zero-order valence-corrected chi connectivity index (χ0v) is 25.5. The van der Waals surface area contributed by atoms with Gasteiger partial charge in [-0.15, -0.1) is 0 Å². The fourth-order valence-corrected chi connectivity index (χ4v) is 11.3. The summed E-state index contributed by atoms with van der Waals surface area (Å²) in [5.41, 5.74) is -0.348. The lowest BCUT2D eigenvalue weighted by atomic mass is 9.40. The molecule has 1 N–H and O–H groups in total. The van der Waals surface area contributed by atoms with Crippen LogP contribution in [0, 0.1) is 52.3 Å². The van der Waals surface area contributed by atoms with E-state index in [9.17, 15) is 9.90 Å². The van der Waals surface area contributed by atoms with Crippen LogP contribution in [0.2, 0.25) is 19.6 Å². The molecule has 0 aliphatic heterocycles. The Morgan fingerprint density at radius 1 is 1.05 bits per heavy atom. The molecular weight excluding hydrogens is 490 g/mol. The molecular formula is C30H52F2O4Si. The molecule has 5 unspecified atom stereocenters. The number of hydrogen-bond acceptors (Lipinski definition) is 4. The largest absolute Gasteiger partial charge is 0.469 e. The predicted molar refractivity (Wildman–Crippen MR) is 145 cm³/mol. The number of aliphatic hydroxyl groups excluding tert-OH is 1. The highest BCUT2D eigenvalue weighted by atomic mass is 28.4. The minimum Gasteiger partial charge on any atom is -0.469 e. The van der Waals surface area contributed by atoms with Crippen LogP contribution in [0.3, 0.4) is 0 Å². The summed E-state index contributed by atoms with van der Waals surface area (Å²) in [5.74, 6) is -2.44. The predicted octanol–water partition coefficient (Wildman–Crippen LogP) is 7.31. The fraction of sp³-hybridized carbons (Fsp3) is 0.967. The summed E-state index contributed by atoms with van der Waals surface area (Å²) in [4.78, 5) is 11.9. The van der Waals surface area contributed by atoms with E-state index in [1.165, 1.54) is 7.11 Å². The number of aliphatic hydroxyl groups is 1. The second kappa shape index (κ2) is 10.1. The molecule has 0 radical (unpaired) electrons. The third-order valence-corrected chi connectivity index (χ3v) is 12.7. The number of methoxy groups -OCH3 is 1. The van der Waals surface area contributed by atoms with E-state index >= 15 is 8.78 Å². The van der Waals surface area contributed by atoms with Crippen molar-refractivity contribution in [3.05, 3.63) is 0 Å². The maximum absolute atomic E-state index is 15.9. The highest BCUT2D eigenvalue weighted by molar-refractivity contribution is 6.69. The van der Waals surface area contributed by atoms with Crippen molar-refractivity contribution in [2.24, 2.45) is 52.3 Å². The van der Waals surface area contributed by atoms with Crippen molar-refractivity contribution in [3.8, 4) is 0 Å².